The van der Waals surface area contributed by atoms with Crippen molar-refractivity contribution in [2.45, 2.75) is 44.3 Å². The Balaban J connectivity index is 2.06. The smallest absolute Gasteiger partial charge is 0.264 e. The van der Waals surface area contributed by atoms with E-state index in [9.17, 15) is 18.0 Å². The second kappa shape index (κ2) is 13.2. The van der Waals surface area contributed by atoms with Crippen molar-refractivity contribution in [1.29, 1.82) is 0 Å². The van der Waals surface area contributed by atoms with Crippen LogP contribution in [0.1, 0.15) is 26.3 Å². The van der Waals surface area contributed by atoms with Gasteiger partial charge in [-0.3, -0.25) is 13.9 Å². The molecule has 11 heteroatoms. The SMILES string of the molecule is COc1cccc(CN(C(=O)CN(c2ccc(Cl)cc2Cl)S(=O)(=O)c2ccccc2)[C@H](C)C(=O)NC(C)C)c1. The van der Waals surface area contributed by atoms with Gasteiger partial charge in [0.25, 0.3) is 10.0 Å². The number of carbonyl (C=O) groups excluding carboxylic acids is 2. The van der Waals surface area contributed by atoms with Crippen molar-refractivity contribution in [3.05, 3.63) is 88.4 Å². The Morgan fingerprint density at radius 1 is 0.949 bits per heavy atom. The van der Waals surface area contributed by atoms with Gasteiger partial charge >= 0.3 is 0 Å². The zero-order valence-electron chi connectivity index (χ0n) is 22.1. The van der Waals surface area contributed by atoms with Crippen molar-refractivity contribution in [2.24, 2.45) is 0 Å². The summed E-state index contributed by atoms with van der Waals surface area (Å²) in [5.74, 6) is -0.390. The molecule has 0 fully saturated rings. The predicted molar refractivity (Wildman–Crippen MR) is 154 cm³/mol. The fraction of sp³-hybridized carbons (Fsp3) is 0.286. The zero-order chi connectivity index (χ0) is 28.7. The van der Waals surface area contributed by atoms with E-state index in [1.165, 1.54) is 42.3 Å². The fourth-order valence-corrected chi connectivity index (χ4v) is 5.89. The maximum absolute atomic E-state index is 13.9. The minimum absolute atomic E-state index is 0.0197. The number of benzene rings is 3. The molecule has 8 nitrogen and oxygen atoms in total. The number of ether oxygens (including phenoxy) is 1. The molecule has 0 saturated heterocycles. The lowest BCUT2D eigenvalue weighted by atomic mass is 10.1. The van der Waals surface area contributed by atoms with Gasteiger partial charge in [-0.1, -0.05) is 53.5 Å². The molecule has 3 aromatic rings. The first-order chi connectivity index (χ1) is 18.4. The summed E-state index contributed by atoms with van der Waals surface area (Å²) in [6.07, 6.45) is 0. The van der Waals surface area contributed by atoms with E-state index in [2.05, 4.69) is 5.32 Å². The highest BCUT2D eigenvalue weighted by Crippen LogP contribution is 2.33. The van der Waals surface area contributed by atoms with Gasteiger partial charge in [-0.15, -0.1) is 0 Å². The summed E-state index contributed by atoms with van der Waals surface area (Å²) in [6, 6.07) is 18.1. The van der Waals surface area contributed by atoms with Crippen LogP contribution in [0.25, 0.3) is 0 Å². The van der Waals surface area contributed by atoms with Crippen molar-refractivity contribution < 1.29 is 22.7 Å². The first-order valence-corrected chi connectivity index (χ1v) is 14.4. The first kappa shape index (κ1) is 30.3. The summed E-state index contributed by atoms with van der Waals surface area (Å²) < 4.78 is 33.8. The highest BCUT2D eigenvalue weighted by molar-refractivity contribution is 7.92. The van der Waals surface area contributed by atoms with Crippen LogP contribution in [-0.2, 0) is 26.2 Å². The molecule has 1 atom stereocenters. The van der Waals surface area contributed by atoms with Gasteiger partial charge in [0.2, 0.25) is 11.8 Å². The summed E-state index contributed by atoms with van der Waals surface area (Å²) in [4.78, 5) is 28.2. The zero-order valence-corrected chi connectivity index (χ0v) is 24.4. The predicted octanol–water partition coefficient (Wildman–Crippen LogP) is 5.14. The third-order valence-electron chi connectivity index (χ3n) is 5.87. The standard InChI is InChI=1S/C28H31Cl2N3O5S/c1-19(2)31-28(35)20(3)32(17-21-9-8-10-23(15-21)38-4)27(34)18-33(26-14-13-22(29)16-25(26)30)39(36,37)24-11-6-5-7-12-24/h5-16,19-20H,17-18H2,1-4H3,(H,31,35)/t20-/m1/s1. The Morgan fingerprint density at radius 2 is 1.64 bits per heavy atom. The molecule has 0 aliphatic rings. The van der Waals surface area contributed by atoms with E-state index in [4.69, 9.17) is 27.9 Å². The molecule has 0 heterocycles. The normalized spacial score (nSPS) is 12.1. The van der Waals surface area contributed by atoms with Crippen LogP contribution in [0.2, 0.25) is 10.0 Å². The highest BCUT2D eigenvalue weighted by atomic mass is 35.5. The molecule has 0 aliphatic heterocycles. The lowest BCUT2D eigenvalue weighted by Gasteiger charge is -2.32. The molecule has 0 unspecified atom stereocenters. The number of sulfonamides is 1. The molecule has 3 rings (SSSR count). The second-order valence-electron chi connectivity index (χ2n) is 9.13. The largest absolute Gasteiger partial charge is 0.497 e. The molecule has 208 valence electrons. The van der Waals surface area contributed by atoms with Crippen LogP contribution in [0.4, 0.5) is 5.69 Å². The number of nitrogens with one attached hydrogen (secondary N) is 1. The molecule has 0 aromatic heterocycles. The van der Waals surface area contributed by atoms with Crippen molar-refractivity contribution in [2.75, 3.05) is 18.0 Å². The summed E-state index contributed by atoms with van der Waals surface area (Å²) in [5.41, 5.74) is 0.785. The average molecular weight is 593 g/mol. The van der Waals surface area contributed by atoms with Gasteiger partial charge in [-0.2, -0.15) is 0 Å². The summed E-state index contributed by atoms with van der Waals surface area (Å²) in [6.45, 7) is 4.66. The lowest BCUT2D eigenvalue weighted by molar-refractivity contribution is -0.139. The van der Waals surface area contributed by atoms with E-state index in [0.717, 1.165) is 4.31 Å². The minimum Gasteiger partial charge on any atom is -0.497 e. The van der Waals surface area contributed by atoms with E-state index in [-0.39, 0.29) is 34.1 Å². The van der Waals surface area contributed by atoms with Gasteiger partial charge in [-0.05, 0) is 68.8 Å². The highest BCUT2D eigenvalue weighted by Gasteiger charge is 2.33. The quantitative estimate of drug-likeness (QED) is 0.333. The van der Waals surface area contributed by atoms with Crippen molar-refractivity contribution in [1.82, 2.24) is 10.2 Å². The van der Waals surface area contributed by atoms with Crippen LogP contribution in [0.15, 0.2) is 77.7 Å². The Labute approximate surface area is 239 Å². The average Bonchev–Trinajstić information content (AvgIpc) is 2.90. The number of anilines is 1. The molecule has 3 aromatic carbocycles. The van der Waals surface area contributed by atoms with E-state index in [1.54, 1.807) is 49.4 Å². The van der Waals surface area contributed by atoms with Gasteiger partial charge in [0.05, 0.1) is 22.7 Å². The third kappa shape index (κ3) is 7.65. The van der Waals surface area contributed by atoms with E-state index in [1.807, 2.05) is 13.8 Å². The number of hydrogen-bond donors (Lipinski definition) is 1. The van der Waals surface area contributed by atoms with Crippen LogP contribution < -0.4 is 14.4 Å². The van der Waals surface area contributed by atoms with Gasteiger partial charge in [0.15, 0.2) is 0 Å². The Kier molecular flexibility index (Phi) is 10.2. The van der Waals surface area contributed by atoms with Crippen molar-refractivity contribution >= 4 is 50.7 Å². The monoisotopic (exact) mass is 591 g/mol. The Hall–Kier alpha value is -3.27. The number of carbonyl (C=O) groups is 2. The molecule has 0 aliphatic carbocycles. The number of hydrogen-bond acceptors (Lipinski definition) is 5. The second-order valence-corrected chi connectivity index (χ2v) is 11.8. The molecule has 39 heavy (non-hydrogen) atoms. The Morgan fingerprint density at radius 3 is 2.26 bits per heavy atom. The van der Waals surface area contributed by atoms with E-state index < -0.39 is 28.5 Å². The molecule has 2 amide bonds. The number of rotatable bonds is 11. The topological polar surface area (TPSA) is 96.0 Å². The fourth-order valence-electron chi connectivity index (χ4n) is 3.87. The molecule has 0 bridgehead atoms. The molecule has 1 N–H and O–H groups in total. The van der Waals surface area contributed by atoms with Crippen molar-refractivity contribution in [3.8, 4) is 5.75 Å². The van der Waals surface area contributed by atoms with Crippen molar-refractivity contribution in [3.63, 3.8) is 0 Å². The third-order valence-corrected chi connectivity index (χ3v) is 8.19. The number of methoxy groups -OCH3 is 1. The van der Waals surface area contributed by atoms with E-state index >= 15 is 0 Å². The molecule has 0 spiro atoms. The number of nitrogens with zero attached hydrogens (tertiary/aromatic N) is 2. The summed E-state index contributed by atoms with van der Waals surface area (Å²) >= 11 is 12.5. The maximum Gasteiger partial charge on any atom is 0.264 e. The van der Waals surface area contributed by atoms with Gasteiger partial charge in [0, 0.05) is 17.6 Å². The number of halogens is 2. The van der Waals surface area contributed by atoms with Gasteiger partial charge in [-0.25, -0.2) is 8.42 Å². The number of amides is 2. The van der Waals surface area contributed by atoms with Crippen LogP contribution in [0.3, 0.4) is 0 Å². The van der Waals surface area contributed by atoms with Crippen LogP contribution in [-0.4, -0.2) is 50.9 Å². The van der Waals surface area contributed by atoms with Crippen LogP contribution in [0, 0.1) is 0 Å². The molecule has 0 radical (unpaired) electrons. The summed E-state index contributed by atoms with van der Waals surface area (Å²) in [7, 11) is -2.70. The lowest BCUT2D eigenvalue weighted by Crippen LogP contribution is -2.52. The van der Waals surface area contributed by atoms with Gasteiger partial charge < -0.3 is 15.0 Å². The minimum atomic E-state index is -4.23. The Bertz CT molecular complexity index is 1420. The first-order valence-electron chi connectivity index (χ1n) is 12.2. The molecular formula is C28H31Cl2N3O5S. The van der Waals surface area contributed by atoms with Crippen LogP contribution in [0.5, 0.6) is 5.75 Å². The molecule has 0 saturated carbocycles. The summed E-state index contributed by atoms with van der Waals surface area (Å²) in [5, 5.41) is 3.18. The van der Waals surface area contributed by atoms with Crippen LogP contribution >= 0.6 is 23.2 Å². The maximum atomic E-state index is 13.9. The van der Waals surface area contributed by atoms with Gasteiger partial charge in [0.1, 0.15) is 18.3 Å². The van der Waals surface area contributed by atoms with E-state index in [0.29, 0.717) is 16.3 Å². The molecular weight excluding hydrogens is 561 g/mol.